The van der Waals surface area contributed by atoms with Crippen molar-refractivity contribution in [3.05, 3.63) is 29.6 Å². The highest BCUT2D eigenvalue weighted by Gasteiger charge is 2.32. The molecule has 0 amide bonds. The van der Waals surface area contributed by atoms with Gasteiger partial charge in [0.15, 0.2) is 0 Å². The molecule has 1 aromatic rings. The summed E-state index contributed by atoms with van der Waals surface area (Å²) in [5, 5.41) is 0. The van der Waals surface area contributed by atoms with Gasteiger partial charge < -0.3 is 4.90 Å². The second kappa shape index (κ2) is 4.74. The first kappa shape index (κ1) is 12.3. The molecular weight excluding hydrogens is 249 g/mol. The Hall–Kier alpha value is -0.740. The van der Waals surface area contributed by atoms with E-state index in [-0.39, 0.29) is 11.7 Å². The van der Waals surface area contributed by atoms with Crippen molar-refractivity contribution in [2.75, 3.05) is 19.3 Å². The molecule has 0 aliphatic carbocycles. The van der Waals surface area contributed by atoms with Crippen LogP contribution in [0, 0.1) is 5.82 Å². The molecule has 2 aliphatic rings. The minimum atomic E-state index is -0.933. The summed E-state index contributed by atoms with van der Waals surface area (Å²) in [6.07, 6.45) is 3.47. The van der Waals surface area contributed by atoms with E-state index in [0.717, 1.165) is 23.4 Å². The molecule has 0 radical (unpaired) electrons. The van der Waals surface area contributed by atoms with Crippen LogP contribution in [0.15, 0.2) is 23.1 Å². The van der Waals surface area contributed by atoms with Crippen LogP contribution in [-0.2, 0) is 10.8 Å². The zero-order valence-corrected chi connectivity index (χ0v) is 11.4. The minimum absolute atomic E-state index is 0.211. The molecule has 1 saturated heterocycles. The fourth-order valence-corrected chi connectivity index (χ4v) is 4.78. The SMILES string of the molecule is CN1CCC[C@@H]1C[C@@H]1CS(=O)c2ccc(F)cc21. The Bertz CT molecular complexity index is 491. The van der Waals surface area contributed by atoms with Crippen LogP contribution in [0.1, 0.15) is 30.7 Å². The Balaban J connectivity index is 1.83. The lowest BCUT2D eigenvalue weighted by atomic mass is 9.93. The molecule has 18 heavy (non-hydrogen) atoms. The predicted molar refractivity (Wildman–Crippen MR) is 70.7 cm³/mol. The van der Waals surface area contributed by atoms with E-state index in [4.69, 9.17) is 0 Å². The van der Waals surface area contributed by atoms with Gasteiger partial charge in [-0.05, 0) is 62.5 Å². The summed E-state index contributed by atoms with van der Waals surface area (Å²) in [4.78, 5) is 3.22. The number of hydrogen-bond donors (Lipinski definition) is 0. The summed E-state index contributed by atoms with van der Waals surface area (Å²) in [5.41, 5.74) is 0.980. The van der Waals surface area contributed by atoms with Gasteiger partial charge in [-0.1, -0.05) is 0 Å². The number of rotatable bonds is 2. The first-order valence-electron chi connectivity index (χ1n) is 6.53. The molecule has 1 unspecified atom stereocenters. The molecule has 1 fully saturated rings. The Labute approximate surface area is 110 Å². The average molecular weight is 267 g/mol. The van der Waals surface area contributed by atoms with Crippen molar-refractivity contribution in [1.82, 2.24) is 4.90 Å². The number of hydrogen-bond acceptors (Lipinski definition) is 2. The summed E-state index contributed by atoms with van der Waals surface area (Å²) >= 11 is 0. The maximum Gasteiger partial charge on any atom is 0.123 e. The van der Waals surface area contributed by atoms with Crippen molar-refractivity contribution in [2.45, 2.75) is 36.1 Å². The van der Waals surface area contributed by atoms with Crippen LogP contribution in [0.4, 0.5) is 4.39 Å². The molecule has 0 spiro atoms. The largest absolute Gasteiger partial charge is 0.303 e. The van der Waals surface area contributed by atoms with E-state index in [1.54, 1.807) is 12.1 Å². The van der Waals surface area contributed by atoms with Gasteiger partial charge in [-0.15, -0.1) is 0 Å². The van der Waals surface area contributed by atoms with Gasteiger partial charge >= 0.3 is 0 Å². The van der Waals surface area contributed by atoms with E-state index < -0.39 is 10.8 Å². The third kappa shape index (κ3) is 2.12. The lowest BCUT2D eigenvalue weighted by Gasteiger charge is -2.22. The average Bonchev–Trinajstić information content (AvgIpc) is 2.86. The number of benzene rings is 1. The molecule has 2 heterocycles. The fourth-order valence-electron chi connectivity index (χ4n) is 3.21. The van der Waals surface area contributed by atoms with Crippen LogP contribution in [-0.4, -0.2) is 34.5 Å². The molecule has 3 atom stereocenters. The number of nitrogens with zero attached hydrogens (tertiary/aromatic N) is 1. The molecule has 0 aromatic heterocycles. The molecule has 2 aliphatic heterocycles. The second-order valence-electron chi connectivity index (χ2n) is 5.40. The van der Waals surface area contributed by atoms with Gasteiger partial charge in [0, 0.05) is 16.7 Å². The summed E-state index contributed by atoms with van der Waals surface area (Å²) < 4.78 is 25.4. The highest BCUT2D eigenvalue weighted by atomic mass is 32.2. The van der Waals surface area contributed by atoms with Crippen molar-refractivity contribution in [1.29, 1.82) is 0 Å². The van der Waals surface area contributed by atoms with Gasteiger partial charge in [0.1, 0.15) is 5.82 Å². The van der Waals surface area contributed by atoms with Gasteiger partial charge in [0.25, 0.3) is 0 Å². The Kier molecular flexibility index (Phi) is 3.24. The van der Waals surface area contributed by atoms with Crippen LogP contribution in [0.2, 0.25) is 0 Å². The normalized spacial score (nSPS) is 31.8. The lowest BCUT2D eigenvalue weighted by Crippen LogP contribution is -2.27. The lowest BCUT2D eigenvalue weighted by molar-refractivity contribution is 0.286. The van der Waals surface area contributed by atoms with Crippen molar-refractivity contribution in [3.8, 4) is 0 Å². The maximum absolute atomic E-state index is 13.3. The van der Waals surface area contributed by atoms with E-state index in [1.807, 2.05) is 0 Å². The molecule has 4 heteroatoms. The van der Waals surface area contributed by atoms with Crippen LogP contribution in [0.3, 0.4) is 0 Å². The summed E-state index contributed by atoms with van der Waals surface area (Å²) in [7, 11) is 1.22. The van der Waals surface area contributed by atoms with E-state index in [9.17, 15) is 8.60 Å². The molecule has 3 rings (SSSR count). The molecular formula is C14H18FNOS. The van der Waals surface area contributed by atoms with Crippen LogP contribution in [0.5, 0.6) is 0 Å². The Morgan fingerprint density at radius 1 is 1.50 bits per heavy atom. The maximum atomic E-state index is 13.3. The predicted octanol–water partition coefficient (Wildman–Crippen LogP) is 2.51. The quantitative estimate of drug-likeness (QED) is 0.820. The first-order valence-corrected chi connectivity index (χ1v) is 7.85. The molecule has 2 nitrogen and oxygen atoms in total. The topological polar surface area (TPSA) is 20.3 Å². The van der Waals surface area contributed by atoms with Gasteiger partial charge in [-0.2, -0.15) is 0 Å². The number of halogens is 1. The smallest absolute Gasteiger partial charge is 0.123 e. The molecule has 98 valence electrons. The summed E-state index contributed by atoms with van der Waals surface area (Å²) in [5.74, 6) is 0.725. The Morgan fingerprint density at radius 3 is 3.06 bits per heavy atom. The third-order valence-corrected chi connectivity index (χ3v) is 5.81. The van der Waals surface area contributed by atoms with E-state index in [2.05, 4.69) is 11.9 Å². The van der Waals surface area contributed by atoms with E-state index in [1.165, 1.54) is 18.9 Å². The minimum Gasteiger partial charge on any atom is -0.303 e. The van der Waals surface area contributed by atoms with Crippen molar-refractivity contribution in [3.63, 3.8) is 0 Å². The van der Waals surface area contributed by atoms with Crippen molar-refractivity contribution in [2.24, 2.45) is 0 Å². The van der Waals surface area contributed by atoms with E-state index >= 15 is 0 Å². The fraction of sp³-hybridized carbons (Fsp3) is 0.571. The zero-order valence-electron chi connectivity index (χ0n) is 10.6. The van der Waals surface area contributed by atoms with Crippen LogP contribution >= 0.6 is 0 Å². The summed E-state index contributed by atoms with van der Waals surface area (Å²) in [6.45, 7) is 1.15. The number of likely N-dealkylation sites (tertiary alicyclic amines) is 1. The van der Waals surface area contributed by atoms with Gasteiger partial charge in [-0.25, -0.2) is 4.39 Å². The van der Waals surface area contributed by atoms with Crippen LogP contribution < -0.4 is 0 Å². The summed E-state index contributed by atoms with van der Waals surface area (Å²) in [6, 6.07) is 5.26. The highest BCUT2D eigenvalue weighted by molar-refractivity contribution is 7.85. The van der Waals surface area contributed by atoms with Crippen molar-refractivity contribution < 1.29 is 8.60 Å². The standard InChI is InChI=1S/C14H18FNOS/c1-16-6-2-3-12(16)7-10-9-18(17)14-5-4-11(15)8-13(10)14/h4-5,8,10,12H,2-3,6-7,9H2,1H3/t10-,12-,18?/m1/s1. The molecule has 0 saturated carbocycles. The van der Waals surface area contributed by atoms with Crippen molar-refractivity contribution >= 4 is 10.8 Å². The second-order valence-corrected chi connectivity index (χ2v) is 6.87. The van der Waals surface area contributed by atoms with Gasteiger partial charge in [-0.3, -0.25) is 4.21 Å². The molecule has 1 aromatic carbocycles. The van der Waals surface area contributed by atoms with Gasteiger partial charge in [0.2, 0.25) is 0 Å². The number of fused-ring (bicyclic) bond motifs is 1. The monoisotopic (exact) mass is 267 g/mol. The third-order valence-electron chi connectivity index (χ3n) is 4.24. The van der Waals surface area contributed by atoms with Crippen LogP contribution in [0.25, 0.3) is 0 Å². The van der Waals surface area contributed by atoms with E-state index in [0.29, 0.717) is 11.8 Å². The highest BCUT2D eigenvalue weighted by Crippen LogP contribution is 2.37. The zero-order chi connectivity index (χ0) is 12.7. The molecule has 0 bridgehead atoms. The van der Waals surface area contributed by atoms with Gasteiger partial charge in [0.05, 0.1) is 10.8 Å². The first-order chi connectivity index (χ1) is 8.65. The Morgan fingerprint density at radius 2 is 2.33 bits per heavy atom. The molecule has 0 N–H and O–H groups in total.